The fourth-order valence-electron chi connectivity index (χ4n) is 2.80. The third-order valence-corrected chi connectivity index (χ3v) is 4.01. The van der Waals surface area contributed by atoms with Gasteiger partial charge in [-0.2, -0.15) is 0 Å². The van der Waals surface area contributed by atoms with Crippen molar-refractivity contribution in [3.63, 3.8) is 0 Å². The van der Waals surface area contributed by atoms with E-state index in [0.717, 1.165) is 0 Å². The number of aliphatic hydroxyl groups excluding tert-OH is 1. The van der Waals surface area contributed by atoms with E-state index in [1.165, 1.54) is 10.8 Å². The number of rotatable bonds is 3. The predicted octanol–water partition coefficient (Wildman–Crippen LogP) is -0.196. The number of ether oxygens (including phenoxy) is 1. The molecule has 4 atom stereocenters. The van der Waals surface area contributed by atoms with E-state index in [0.29, 0.717) is 12.0 Å². The molecule has 1 aliphatic carbocycles. The molecular weight excluding hydrogens is 266 g/mol. The standard InChI is InChI=1S/C11H13N5O4/c1-5-3-16(10(19)13-8(5)18)9-7(14-15-12)6-2-11(6,4-17)20-9/h3,6-7,9,17H,2,4H2,1H3,(H,13,18,19)/t6-,7+,9+,11+/m0/s1. The second-order valence-electron chi connectivity index (χ2n) is 5.22. The normalized spacial score (nSPS) is 34.4. The summed E-state index contributed by atoms with van der Waals surface area (Å²) in [5, 5.41) is 13.1. The molecule has 9 nitrogen and oxygen atoms in total. The Morgan fingerprint density at radius 3 is 3.10 bits per heavy atom. The van der Waals surface area contributed by atoms with Gasteiger partial charge in [-0.15, -0.1) is 0 Å². The van der Waals surface area contributed by atoms with E-state index in [2.05, 4.69) is 15.0 Å². The summed E-state index contributed by atoms with van der Waals surface area (Å²) in [4.78, 5) is 28.2. The van der Waals surface area contributed by atoms with Crippen LogP contribution in [0.4, 0.5) is 0 Å². The molecule has 0 spiro atoms. The molecule has 2 fully saturated rings. The lowest BCUT2D eigenvalue weighted by molar-refractivity contribution is -0.0659. The summed E-state index contributed by atoms with van der Waals surface area (Å²) in [5.74, 6) is -0.104. The third-order valence-electron chi connectivity index (χ3n) is 4.01. The number of hydrogen-bond donors (Lipinski definition) is 2. The van der Waals surface area contributed by atoms with Gasteiger partial charge in [0, 0.05) is 22.6 Å². The molecule has 0 bridgehead atoms. The van der Waals surface area contributed by atoms with Crippen LogP contribution in [0.3, 0.4) is 0 Å². The first-order valence-electron chi connectivity index (χ1n) is 6.17. The number of hydrogen-bond acceptors (Lipinski definition) is 5. The minimum atomic E-state index is -0.806. The molecule has 9 heteroatoms. The van der Waals surface area contributed by atoms with Crippen LogP contribution in [-0.2, 0) is 4.74 Å². The van der Waals surface area contributed by atoms with Crippen LogP contribution in [0.5, 0.6) is 0 Å². The minimum absolute atomic E-state index is 0.104. The van der Waals surface area contributed by atoms with E-state index in [4.69, 9.17) is 10.3 Å². The second-order valence-corrected chi connectivity index (χ2v) is 5.22. The Bertz CT molecular complexity index is 718. The van der Waals surface area contributed by atoms with Crippen LogP contribution in [0.2, 0.25) is 0 Å². The largest absolute Gasteiger partial charge is 0.393 e. The molecule has 1 saturated heterocycles. The number of azide groups is 1. The Morgan fingerprint density at radius 2 is 2.45 bits per heavy atom. The lowest BCUT2D eigenvalue weighted by atomic mass is 10.1. The molecule has 20 heavy (non-hydrogen) atoms. The Labute approximate surface area is 112 Å². The summed E-state index contributed by atoms with van der Waals surface area (Å²) in [6, 6.07) is -0.574. The van der Waals surface area contributed by atoms with Crippen molar-refractivity contribution in [1.82, 2.24) is 9.55 Å². The molecule has 1 aliphatic heterocycles. The number of fused-ring (bicyclic) bond motifs is 1. The van der Waals surface area contributed by atoms with Crippen molar-refractivity contribution in [3.8, 4) is 0 Å². The van der Waals surface area contributed by atoms with Crippen LogP contribution in [0.1, 0.15) is 18.2 Å². The fraction of sp³-hybridized carbons (Fsp3) is 0.636. The summed E-state index contributed by atoms with van der Waals surface area (Å²) < 4.78 is 6.93. The van der Waals surface area contributed by atoms with Gasteiger partial charge in [0.15, 0.2) is 0 Å². The van der Waals surface area contributed by atoms with Gasteiger partial charge in [0.2, 0.25) is 0 Å². The van der Waals surface area contributed by atoms with Crippen LogP contribution >= 0.6 is 0 Å². The van der Waals surface area contributed by atoms with Crippen LogP contribution < -0.4 is 11.2 Å². The summed E-state index contributed by atoms with van der Waals surface area (Å²) in [7, 11) is 0. The van der Waals surface area contributed by atoms with E-state index in [1.54, 1.807) is 6.92 Å². The second kappa shape index (κ2) is 4.20. The van der Waals surface area contributed by atoms with Crippen molar-refractivity contribution in [1.29, 1.82) is 0 Å². The third kappa shape index (κ3) is 1.68. The van der Waals surface area contributed by atoms with Gasteiger partial charge in [0.05, 0.1) is 18.2 Å². The molecule has 1 aromatic rings. The van der Waals surface area contributed by atoms with Gasteiger partial charge in [0.25, 0.3) is 5.56 Å². The minimum Gasteiger partial charge on any atom is -0.393 e. The van der Waals surface area contributed by atoms with Crippen molar-refractivity contribution < 1.29 is 9.84 Å². The molecule has 0 amide bonds. The highest BCUT2D eigenvalue weighted by molar-refractivity contribution is 5.17. The SMILES string of the molecule is Cc1cn([C@@H]2O[C@@]3(CO)C[C@H]3[C@H]2N=[N+]=[N-])c(=O)[nH]c1=O. The molecule has 2 heterocycles. The zero-order valence-electron chi connectivity index (χ0n) is 10.7. The van der Waals surface area contributed by atoms with Crippen LogP contribution in [0.15, 0.2) is 20.9 Å². The van der Waals surface area contributed by atoms with E-state index < -0.39 is 29.1 Å². The van der Waals surface area contributed by atoms with Crippen LogP contribution in [0.25, 0.3) is 10.4 Å². The summed E-state index contributed by atoms with van der Waals surface area (Å²) in [6.45, 7) is 1.37. The van der Waals surface area contributed by atoms with Crippen molar-refractivity contribution in [2.75, 3.05) is 6.61 Å². The zero-order valence-corrected chi connectivity index (χ0v) is 10.7. The molecule has 2 aliphatic rings. The lowest BCUT2D eigenvalue weighted by Gasteiger charge is -2.22. The quantitative estimate of drug-likeness (QED) is 0.450. The van der Waals surface area contributed by atoms with Gasteiger partial charge in [-0.1, -0.05) is 5.11 Å². The number of H-pyrrole nitrogens is 1. The number of aromatic amines is 1. The molecule has 106 valence electrons. The maximum absolute atomic E-state index is 11.9. The highest BCUT2D eigenvalue weighted by Gasteiger charge is 2.67. The molecule has 0 unspecified atom stereocenters. The van der Waals surface area contributed by atoms with E-state index in [9.17, 15) is 14.7 Å². The first kappa shape index (κ1) is 12.9. The van der Waals surface area contributed by atoms with Crippen LogP contribution in [0, 0.1) is 12.8 Å². The highest BCUT2D eigenvalue weighted by Crippen LogP contribution is 2.59. The molecule has 1 aromatic heterocycles. The Kier molecular flexibility index (Phi) is 2.72. The summed E-state index contributed by atoms with van der Waals surface area (Å²) in [6.07, 6.45) is 1.17. The first-order valence-corrected chi connectivity index (χ1v) is 6.17. The average molecular weight is 279 g/mol. The predicted molar refractivity (Wildman–Crippen MR) is 67.0 cm³/mol. The van der Waals surface area contributed by atoms with Crippen molar-refractivity contribution in [2.24, 2.45) is 11.0 Å². The Morgan fingerprint density at radius 1 is 1.70 bits per heavy atom. The fourth-order valence-corrected chi connectivity index (χ4v) is 2.80. The van der Waals surface area contributed by atoms with Gasteiger partial charge in [-0.05, 0) is 18.9 Å². The molecule has 3 rings (SSSR count). The number of aliphatic hydroxyl groups is 1. The molecule has 1 saturated carbocycles. The van der Waals surface area contributed by atoms with Crippen LogP contribution in [-0.4, -0.2) is 32.9 Å². The monoisotopic (exact) mass is 279 g/mol. The molecular formula is C11H13N5O4. The number of nitrogens with zero attached hydrogens (tertiary/aromatic N) is 4. The Balaban J connectivity index is 2.06. The molecule has 2 N–H and O–H groups in total. The smallest absolute Gasteiger partial charge is 0.330 e. The van der Waals surface area contributed by atoms with E-state index >= 15 is 0 Å². The van der Waals surface area contributed by atoms with Gasteiger partial charge in [-0.3, -0.25) is 14.3 Å². The Hall–Kier alpha value is -2.09. The van der Waals surface area contributed by atoms with Gasteiger partial charge in [-0.25, -0.2) is 4.79 Å². The zero-order chi connectivity index (χ0) is 14.5. The topological polar surface area (TPSA) is 133 Å². The highest BCUT2D eigenvalue weighted by atomic mass is 16.6. The summed E-state index contributed by atoms with van der Waals surface area (Å²) in [5.41, 5.74) is 7.18. The van der Waals surface area contributed by atoms with Gasteiger partial charge >= 0.3 is 5.69 Å². The number of aryl methyl sites for hydroxylation is 1. The number of nitrogens with one attached hydrogen (secondary N) is 1. The van der Waals surface area contributed by atoms with Crippen molar-refractivity contribution in [2.45, 2.75) is 31.2 Å². The first-order chi connectivity index (χ1) is 9.52. The lowest BCUT2D eigenvalue weighted by Crippen LogP contribution is -2.37. The van der Waals surface area contributed by atoms with Gasteiger partial charge < -0.3 is 9.84 Å². The number of aromatic nitrogens is 2. The molecule has 0 aromatic carbocycles. The maximum atomic E-state index is 11.9. The maximum Gasteiger partial charge on any atom is 0.330 e. The van der Waals surface area contributed by atoms with E-state index in [1.807, 2.05) is 0 Å². The van der Waals surface area contributed by atoms with Crippen molar-refractivity contribution in [3.05, 3.63) is 43.0 Å². The van der Waals surface area contributed by atoms with Crippen molar-refractivity contribution >= 4 is 0 Å². The van der Waals surface area contributed by atoms with Gasteiger partial charge in [0.1, 0.15) is 6.23 Å². The average Bonchev–Trinajstić information content (AvgIpc) is 3.06. The van der Waals surface area contributed by atoms with E-state index in [-0.39, 0.29) is 12.5 Å². The summed E-state index contributed by atoms with van der Waals surface area (Å²) >= 11 is 0. The molecule has 0 radical (unpaired) electrons.